The van der Waals surface area contributed by atoms with E-state index >= 15 is 0 Å². The summed E-state index contributed by atoms with van der Waals surface area (Å²) in [6, 6.07) is 7.73. The fraction of sp³-hybridized carbons (Fsp3) is 0.0833. The molecule has 0 radical (unpaired) electrons. The molecule has 106 valence electrons. The van der Waals surface area contributed by atoms with Crippen molar-refractivity contribution >= 4 is 33.9 Å². The van der Waals surface area contributed by atoms with Crippen molar-refractivity contribution in [3.63, 3.8) is 0 Å². The Bertz CT molecular complexity index is 745. The van der Waals surface area contributed by atoms with Crippen molar-refractivity contribution in [1.29, 1.82) is 0 Å². The van der Waals surface area contributed by atoms with Crippen LogP contribution in [0.2, 0.25) is 0 Å². The summed E-state index contributed by atoms with van der Waals surface area (Å²) in [6.45, 7) is 0. The summed E-state index contributed by atoms with van der Waals surface area (Å²) in [6.07, 6.45) is 3.49. The molecule has 8 nitrogen and oxygen atoms in total. The standard InChI is InChI=1S/C12H11BrN8/c13-9-4-2-1-3-8(9)6-16-19-12-20-18-10(14)5-11-15-7-17-21(11)12/h1-4,6-7H,5H2,(H2,14,18)(H,19,20)/b16-6+. The molecule has 1 aromatic heterocycles. The Kier molecular flexibility index (Phi) is 3.73. The maximum absolute atomic E-state index is 5.70. The third kappa shape index (κ3) is 2.97. The summed E-state index contributed by atoms with van der Waals surface area (Å²) in [7, 11) is 0. The molecule has 0 saturated heterocycles. The van der Waals surface area contributed by atoms with Crippen LogP contribution in [0.25, 0.3) is 0 Å². The molecule has 0 amide bonds. The van der Waals surface area contributed by atoms with Gasteiger partial charge in [-0.15, -0.1) is 10.2 Å². The van der Waals surface area contributed by atoms with Gasteiger partial charge in [0.2, 0.25) is 0 Å². The lowest BCUT2D eigenvalue weighted by molar-refractivity contribution is 0.814. The van der Waals surface area contributed by atoms with Crippen molar-refractivity contribution in [2.75, 3.05) is 0 Å². The van der Waals surface area contributed by atoms with E-state index in [9.17, 15) is 0 Å². The minimum Gasteiger partial charge on any atom is -0.385 e. The zero-order chi connectivity index (χ0) is 14.7. The second kappa shape index (κ2) is 5.83. The molecule has 0 fully saturated rings. The third-order valence-corrected chi connectivity index (χ3v) is 3.43. The number of benzene rings is 1. The molecular weight excluding hydrogens is 336 g/mol. The molecule has 3 rings (SSSR count). The van der Waals surface area contributed by atoms with Crippen LogP contribution in [0.5, 0.6) is 0 Å². The highest BCUT2D eigenvalue weighted by Crippen LogP contribution is 2.13. The first kappa shape index (κ1) is 13.4. The van der Waals surface area contributed by atoms with Crippen LogP contribution in [0.15, 0.2) is 50.4 Å². The van der Waals surface area contributed by atoms with E-state index in [1.165, 1.54) is 11.0 Å². The molecule has 2 heterocycles. The minimum absolute atomic E-state index is 0.339. The number of rotatable bonds is 2. The van der Waals surface area contributed by atoms with Crippen molar-refractivity contribution in [2.45, 2.75) is 6.42 Å². The summed E-state index contributed by atoms with van der Waals surface area (Å²) in [5, 5.41) is 16.1. The van der Waals surface area contributed by atoms with Crippen LogP contribution in [-0.2, 0) is 6.42 Å². The number of hydrogen-bond donors (Lipinski definition) is 2. The van der Waals surface area contributed by atoms with Gasteiger partial charge >= 0.3 is 0 Å². The zero-order valence-electron chi connectivity index (χ0n) is 10.8. The fourth-order valence-electron chi connectivity index (χ4n) is 1.72. The molecule has 0 atom stereocenters. The van der Waals surface area contributed by atoms with Gasteiger partial charge in [-0.2, -0.15) is 14.9 Å². The molecule has 2 aromatic rings. The average Bonchev–Trinajstić information content (AvgIpc) is 2.87. The number of nitrogens with two attached hydrogens (primary N) is 1. The number of nitrogens with one attached hydrogen (secondary N) is 1. The van der Waals surface area contributed by atoms with Crippen molar-refractivity contribution in [1.82, 2.24) is 20.2 Å². The Labute approximate surface area is 128 Å². The van der Waals surface area contributed by atoms with Crippen molar-refractivity contribution < 1.29 is 0 Å². The number of aromatic nitrogens is 3. The topological polar surface area (TPSA) is 106 Å². The van der Waals surface area contributed by atoms with Crippen LogP contribution in [0, 0.1) is 0 Å². The van der Waals surface area contributed by atoms with Gasteiger partial charge in [0.05, 0.1) is 12.6 Å². The van der Waals surface area contributed by atoms with Crippen LogP contribution in [0.1, 0.15) is 11.4 Å². The quantitative estimate of drug-likeness (QED) is 0.616. The summed E-state index contributed by atoms with van der Waals surface area (Å²) < 4.78 is 2.46. The molecule has 1 aliphatic rings. The Balaban J connectivity index is 1.81. The lowest BCUT2D eigenvalue weighted by Crippen LogP contribution is -2.28. The number of hydrazone groups is 1. The first-order chi connectivity index (χ1) is 10.2. The van der Waals surface area contributed by atoms with Gasteiger partial charge in [-0.3, -0.25) is 0 Å². The first-order valence-electron chi connectivity index (χ1n) is 6.07. The molecule has 0 spiro atoms. The second-order valence-corrected chi connectivity index (χ2v) is 5.03. The van der Waals surface area contributed by atoms with Crippen molar-refractivity contribution in [3.05, 3.63) is 46.5 Å². The molecule has 21 heavy (non-hydrogen) atoms. The van der Waals surface area contributed by atoms with Gasteiger partial charge in [0, 0.05) is 10.0 Å². The summed E-state index contributed by atoms with van der Waals surface area (Å²) in [5.41, 5.74) is 9.43. The van der Waals surface area contributed by atoms with Crippen molar-refractivity contribution in [2.24, 2.45) is 21.0 Å². The maximum Gasteiger partial charge on any atom is 0.266 e. The zero-order valence-corrected chi connectivity index (χ0v) is 12.4. The monoisotopic (exact) mass is 346 g/mol. The Hall–Kier alpha value is -2.55. The highest BCUT2D eigenvalue weighted by molar-refractivity contribution is 9.10. The lowest BCUT2D eigenvalue weighted by Gasteiger charge is -2.04. The summed E-state index contributed by atoms with van der Waals surface area (Å²) in [4.78, 5) is 4.11. The summed E-state index contributed by atoms with van der Waals surface area (Å²) in [5.74, 6) is 1.36. The largest absolute Gasteiger partial charge is 0.385 e. The minimum atomic E-state index is 0.339. The molecular formula is C12H11BrN8. The van der Waals surface area contributed by atoms with Gasteiger partial charge in [0.25, 0.3) is 5.96 Å². The number of hydrogen-bond acceptors (Lipinski definition) is 7. The van der Waals surface area contributed by atoms with Crippen LogP contribution in [-0.4, -0.2) is 32.8 Å². The van der Waals surface area contributed by atoms with Crippen molar-refractivity contribution in [3.8, 4) is 0 Å². The first-order valence-corrected chi connectivity index (χ1v) is 6.86. The van der Waals surface area contributed by atoms with Crippen LogP contribution < -0.4 is 11.2 Å². The third-order valence-electron chi connectivity index (χ3n) is 2.70. The molecule has 0 bridgehead atoms. The molecule has 9 heteroatoms. The molecule has 0 saturated carbocycles. The van der Waals surface area contributed by atoms with E-state index in [0.717, 1.165) is 10.0 Å². The van der Waals surface area contributed by atoms with Crippen LogP contribution >= 0.6 is 15.9 Å². The van der Waals surface area contributed by atoms with Crippen LogP contribution in [0.3, 0.4) is 0 Å². The number of halogens is 1. The SMILES string of the molecule is NC1=NN=C(N/N=C/c2ccccc2Br)n2ncnc2C1. The van der Waals surface area contributed by atoms with Gasteiger partial charge in [-0.25, -0.2) is 10.4 Å². The molecule has 3 N–H and O–H groups in total. The highest BCUT2D eigenvalue weighted by Gasteiger charge is 2.14. The van der Waals surface area contributed by atoms with Gasteiger partial charge < -0.3 is 5.73 Å². The predicted molar refractivity (Wildman–Crippen MR) is 83.1 cm³/mol. The Morgan fingerprint density at radius 3 is 3.05 bits per heavy atom. The molecule has 0 aliphatic carbocycles. The highest BCUT2D eigenvalue weighted by atomic mass is 79.9. The average molecular weight is 347 g/mol. The van der Waals surface area contributed by atoms with Gasteiger partial charge in [-0.1, -0.05) is 34.1 Å². The van der Waals surface area contributed by atoms with Gasteiger partial charge in [-0.05, 0) is 6.07 Å². The maximum atomic E-state index is 5.70. The second-order valence-electron chi connectivity index (χ2n) is 4.17. The fourth-order valence-corrected chi connectivity index (χ4v) is 2.11. The number of nitrogens with zero attached hydrogens (tertiary/aromatic N) is 6. The molecule has 1 aromatic carbocycles. The van der Waals surface area contributed by atoms with E-state index in [2.05, 4.69) is 46.7 Å². The number of fused-ring (bicyclic) bond motifs is 1. The van der Waals surface area contributed by atoms with E-state index in [0.29, 0.717) is 24.0 Å². The van der Waals surface area contributed by atoms with E-state index in [4.69, 9.17) is 5.73 Å². The molecule has 0 unspecified atom stereocenters. The van der Waals surface area contributed by atoms with E-state index < -0.39 is 0 Å². The normalized spacial score (nSPS) is 14.3. The van der Waals surface area contributed by atoms with E-state index in [1.54, 1.807) is 6.21 Å². The smallest absolute Gasteiger partial charge is 0.266 e. The van der Waals surface area contributed by atoms with Crippen LogP contribution in [0.4, 0.5) is 0 Å². The van der Waals surface area contributed by atoms with E-state index in [1.807, 2.05) is 24.3 Å². The summed E-state index contributed by atoms with van der Waals surface area (Å²) >= 11 is 3.45. The Morgan fingerprint density at radius 2 is 2.19 bits per heavy atom. The predicted octanol–water partition coefficient (Wildman–Crippen LogP) is 0.697. The Morgan fingerprint density at radius 1 is 1.33 bits per heavy atom. The molecule has 1 aliphatic heterocycles. The van der Waals surface area contributed by atoms with E-state index in [-0.39, 0.29) is 0 Å². The lowest BCUT2D eigenvalue weighted by atomic mass is 10.2. The van der Waals surface area contributed by atoms with Gasteiger partial charge in [0.1, 0.15) is 18.0 Å². The van der Waals surface area contributed by atoms with Gasteiger partial charge in [0.15, 0.2) is 0 Å². The number of amidine groups is 1.